The zero-order chi connectivity index (χ0) is 19.8. The van der Waals surface area contributed by atoms with Gasteiger partial charge in [-0.25, -0.2) is 9.78 Å². The van der Waals surface area contributed by atoms with E-state index in [1.54, 1.807) is 18.4 Å². The Morgan fingerprint density at radius 1 is 1.29 bits per heavy atom. The topological polar surface area (TPSA) is 81.6 Å². The largest absolute Gasteiger partial charge is 0.356 e. The van der Waals surface area contributed by atoms with E-state index in [-0.39, 0.29) is 6.03 Å². The van der Waals surface area contributed by atoms with Crippen molar-refractivity contribution in [3.8, 4) is 0 Å². The number of amides is 2. The summed E-state index contributed by atoms with van der Waals surface area (Å²) in [6.07, 6.45) is 3.04. The van der Waals surface area contributed by atoms with Gasteiger partial charge in [-0.05, 0) is 37.5 Å². The molecule has 2 amide bonds. The van der Waals surface area contributed by atoms with Crippen molar-refractivity contribution >= 4 is 29.0 Å². The molecular weight excluding hydrogens is 372 g/mol. The summed E-state index contributed by atoms with van der Waals surface area (Å²) in [7, 11) is 1.76. The molecule has 0 bridgehead atoms. The Morgan fingerprint density at radius 3 is 2.82 bits per heavy atom. The first-order valence-corrected chi connectivity index (χ1v) is 10.5. The van der Waals surface area contributed by atoms with E-state index in [0.717, 1.165) is 66.8 Å². The van der Waals surface area contributed by atoms with Crippen LogP contribution in [0.25, 0.3) is 0 Å². The molecule has 8 heteroatoms. The fraction of sp³-hybridized carbons (Fsp3) is 0.450. The predicted molar refractivity (Wildman–Crippen MR) is 115 cm³/mol. The Kier molecular flexibility index (Phi) is 7.25. The number of hydrogen-bond donors (Lipinski definition) is 3. The lowest BCUT2D eigenvalue weighted by molar-refractivity contribution is 0.222. The Hall–Kier alpha value is -2.61. The first-order chi connectivity index (χ1) is 13.6. The van der Waals surface area contributed by atoms with E-state index in [1.165, 1.54) is 0 Å². The van der Waals surface area contributed by atoms with Gasteiger partial charge in [-0.15, -0.1) is 11.3 Å². The third kappa shape index (κ3) is 5.95. The highest BCUT2D eigenvalue weighted by Gasteiger charge is 2.17. The third-order valence-electron chi connectivity index (χ3n) is 4.60. The lowest BCUT2D eigenvalue weighted by Gasteiger charge is -2.17. The van der Waals surface area contributed by atoms with Gasteiger partial charge in [-0.1, -0.05) is 12.1 Å². The van der Waals surface area contributed by atoms with Crippen LogP contribution in [0.15, 0.2) is 34.6 Å². The molecule has 0 aliphatic carbocycles. The Balaban J connectivity index is 1.45. The van der Waals surface area contributed by atoms with Crippen LogP contribution >= 0.6 is 11.3 Å². The summed E-state index contributed by atoms with van der Waals surface area (Å²) >= 11 is 1.67. The van der Waals surface area contributed by atoms with Gasteiger partial charge >= 0.3 is 6.03 Å². The average molecular weight is 401 g/mol. The fourth-order valence-corrected chi connectivity index (χ4v) is 3.77. The van der Waals surface area contributed by atoms with E-state index in [9.17, 15) is 4.79 Å². The van der Waals surface area contributed by atoms with Crippen molar-refractivity contribution in [2.45, 2.75) is 32.7 Å². The zero-order valence-corrected chi connectivity index (χ0v) is 17.3. The molecule has 0 unspecified atom stereocenters. The first-order valence-electron chi connectivity index (χ1n) is 9.64. The van der Waals surface area contributed by atoms with Gasteiger partial charge in [0.05, 0.1) is 10.7 Å². The molecule has 150 valence electrons. The van der Waals surface area contributed by atoms with Crippen LogP contribution in [0, 0.1) is 6.92 Å². The highest BCUT2D eigenvalue weighted by Crippen LogP contribution is 2.14. The number of nitrogens with one attached hydrogen (secondary N) is 3. The summed E-state index contributed by atoms with van der Waals surface area (Å²) in [5, 5.41) is 12.8. The Bertz CT molecular complexity index is 813. The van der Waals surface area contributed by atoms with Crippen LogP contribution in [0.1, 0.15) is 29.1 Å². The summed E-state index contributed by atoms with van der Waals surface area (Å²) in [5.74, 6) is 0.749. The van der Waals surface area contributed by atoms with Gasteiger partial charge in [0.1, 0.15) is 0 Å². The van der Waals surface area contributed by atoms with Crippen molar-refractivity contribution in [1.82, 2.24) is 20.5 Å². The van der Waals surface area contributed by atoms with Gasteiger partial charge in [-0.3, -0.25) is 4.99 Å². The number of likely N-dealkylation sites (tertiary alicyclic amines) is 1. The van der Waals surface area contributed by atoms with Gasteiger partial charge in [0.25, 0.3) is 0 Å². The molecule has 2 aromatic rings. The molecular formula is C20H28N6OS. The summed E-state index contributed by atoms with van der Waals surface area (Å²) in [6.45, 7) is 5.10. The summed E-state index contributed by atoms with van der Waals surface area (Å²) in [4.78, 5) is 22.8. The Labute approximate surface area is 170 Å². The van der Waals surface area contributed by atoms with Crippen LogP contribution in [-0.2, 0) is 13.0 Å². The van der Waals surface area contributed by atoms with E-state index < -0.39 is 0 Å². The van der Waals surface area contributed by atoms with Crippen molar-refractivity contribution in [2.75, 3.05) is 32.0 Å². The lowest BCUT2D eigenvalue weighted by atomic mass is 10.2. The number of aryl methyl sites for hydroxylation is 1. The number of hydrogen-bond acceptors (Lipinski definition) is 4. The maximum absolute atomic E-state index is 12.2. The van der Waals surface area contributed by atoms with Gasteiger partial charge in [0, 0.05) is 50.7 Å². The molecule has 1 aliphatic rings. The molecule has 0 spiro atoms. The first kappa shape index (κ1) is 20.1. The quantitative estimate of drug-likeness (QED) is 0.514. The molecule has 1 aliphatic heterocycles. The molecule has 1 aromatic heterocycles. The smallest absolute Gasteiger partial charge is 0.321 e. The number of benzene rings is 1. The summed E-state index contributed by atoms with van der Waals surface area (Å²) in [5.41, 5.74) is 3.00. The standard InChI is InChI=1S/C20H28N6OS/c1-15-24-18(14-28-15)8-9-22-19(21-2)23-13-16-6-5-7-17(12-16)25-20(27)26-10-3-4-11-26/h5-7,12,14H,3-4,8-11,13H2,1-2H3,(H,25,27)(H2,21,22,23). The van der Waals surface area contributed by atoms with Crippen molar-refractivity contribution in [2.24, 2.45) is 4.99 Å². The number of nitrogens with zero attached hydrogens (tertiary/aromatic N) is 3. The van der Waals surface area contributed by atoms with E-state index in [4.69, 9.17) is 0 Å². The lowest BCUT2D eigenvalue weighted by Crippen LogP contribution is -2.37. The highest BCUT2D eigenvalue weighted by atomic mass is 32.1. The van der Waals surface area contributed by atoms with Crippen LogP contribution < -0.4 is 16.0 Å². The number of carbonyl (C=O) groups is 1. The molecule has 0 radical (unpaired) electrons. The predicted octanol–water partition coefficient (Wildman–Crippen LogP) is 2.99. The normalized spacial score (nSPS) is 14.2. The minimum absolute atomic E-state index is 0.0163. The number of guanidine groups is 1. The second-order valence-corrected chi connectivity index (χ2v) is 7.85. The molecule has 7 nitrogen and oxygen atoms in total. The molecule has 1 aromatic carbocycles. The van der Waals surface area contributed by atoms with E-state index in [0.29, 0.717) is 6.54 Å². The average Bonchev–Trinajstić information content (AvgIpc) is 3.37. The van der Waals surface area contributed by atoms with E-state index >= 15 is 0 Å². The molecule has 28 heavy (non-hydrogen) atoms. The molecule has 0 saturated carbocycles. The van der Waals surface area contributed by atoms with E-state index in [1.807, 2.05) is 36.1 Å². The maximum atomic E-state index is 12.2. The van der Waals surface area contributed by atoms with Crippen molar-refractivity contribution in [1.29, 1.82) is 0 Å². The molecule has 3 rings (SSSR count). The van der Waals surface area contributed by atoms with Crippen molar-refractivity contribution in [3.05, 3.63) is 45.9 Å². The molecule has 2 heterocycles. The van der Waals surface area contributed by atoms with Gasteiger partial charge in [0.15, 0.2) is 5.96 Å². The zero-order valence-electron chi connectivity index (χ0n) is 16.5. The van der Waals surface area contributed by atoms with Crippen molar-refractivity contribution in [3.63, 3.8) is 0 Å². The third-order valence-corrected chi connectivity index (χ3v) is 5.42. The number of aliphatic imine (C=N–C) groups is 1. The SMILES string of the molecule is CN=C(NCCc1csc(C)n1)NCc1cccc(NC(=O)N2CCCC2)c1. The number of anilines is 1. The van der Waals surface area contributed by atoms with Crippen molar-refractivity contribution < 1.29 is 4.79 Å². The number of carbonyl (C=O) groups excluding carboxylic acids is 1. The van der Waals surface area contributed by atoms with Gasteiger partial charge in [0.2, 0.25) is 0 Å². The number of urea groups is 1. The van der Waals surface area contributed by atoms with Crippen LogP contribution in [0.5, 0.6) is 0 Å². The molecule has 1 fully saturated rings. The maximum Gasteiger partial charge on any atom is 0.321 e. The second-order valence-electron chi connectivity index (χ2n) is 6.79. The van der Waals surface area contributed by atoms with Gasteiger partial charge in [-0.2, -0.15) is 0 Å². The monoisotopic (exact) mass is 400 g/mol. The second kappa shape index (κ2) is 10.1. The minimum Gasteiger partial charge on any atom is -0.356 e. The summed E-state index contributed by atoms with van der Waals surface area (Å²) in [6, 6.07) is 7.88. The van der Waals surface area contributed by atoms with E-state index in [2.05, 4.69) is 31.3 Å². The number of thiazole rings is 1. The molecule has 1 saturated heterocycles. The molecule has 3 N–H and O–H groups in total. The number of aromatic nitrogens is 1. The molecule has 0 atom stereocenters. The van der Waals surface area contributed by atoms with Crippen LogP contribution in [0.4, 0.5) is 10.5 Å². The van der Waals surface area contributed by atoms with Crippen LogP contribution in [0.2, 0.25) is 0 Å². The highest BCUT2D eigenvalue weighted by molar-refractivity contribution is 7.09. The minimum atomic E-state index is -0.0163. The number of rotatable bonds is 6. The van der Waals surface area contributed by atoms with Gasteiger partial charge < -0.3 is 20.9 Å². The summed E-state index contributed by atoms with van der Waals surface area (Å²) < 4.78 is 0. The van der Waals surface area contributed by atoms with Crippen LogP contribution in [-0.4, -0.2) is 48.6 Å². The van der Waals surface area contributed by atoms with Crippen LogP contribution in [0.3, 0.4) is 0 Å². The fourth-order valence-electron chi connectivity index (χ4n) is 3.12. The Morgan fingerprint density at radius 2 is 2.11 bits per heavy atom.